The Kier molecular flexibility index (Phi) is 1.80. The van der Waals surface area contributed by atoms with E-state index in [2.05, 4.69) is 9.97 Å². The van der Waals surface area contributed by atoms with Gasteiger partial charge in [0.2, 0.25) is 0 Å². The van der Waals surface area contributed by atoms with Crippen molar-refractivity contribution in [3.05, 3.63) is 23.3 Å². The Morgan fingerprint density at radius 3 is 2.93 bits per heavy atom. The second kappa shape index (κ2) is 3.02. The lowest BCUT2D eigenvalue weighted by atomic mass is 9.93. The predicted octanol–water partition coefficient (Wildman–Crippen LogP) is 1.17. The predicted molar refractivity (Wildman–Crippen MR) is 54.0 cm³/mol. The first-order valence-corrected chi connectivity index (χ1v) is 5.43. The third-order valence-electron chi connectivity index (χ3n) is 3.15. The number of nitrogens with zero attached hydrogens (tertiary/aromatic N) is 2. The Balaban J connectivity index is 1.94. The van der Waals surface area contributed by atoms with Crippen molar-refractivity contribution in [3.63, 3.8) is 0 Å². The molecule has 3 heteroatoms. The van der Waals surface area contributed by atoms with Crippen molar-refractivity contribution in [3.8, 4) is 0 Å². The van der Waals surface area contributed by atoms with Crippen LogP contribution in [0.1, 0.15) is 42.3 Å². The molecule has 1 saturated carbocycles. The highest BCUT2D eigenvalue weighted by molar-refractivity contribution is 5.23. The minimum absolute atomic E-state index is 0.317. The normalized spacial score (nSPS) is 25.9. The maximum atomic E-state index is 5.90. The van der Waals surface area contributed by atoms with Crippen LogP contribution in [0.25, 0.3) is 0 Å². The summed E-state index contributed by atoms with van der Waals surface area (Å²) in [5.41, 5.74) is 8.43. The molecule has 1 aromatic rings. The van der Waals surface area contributed by atoms with Gasteiger partial charge in [0.15, 0.2) is 0 Å². The third kappa shape index (κ3) is 1.42. The monoisotopic (exact) mass is 189 g/mol. The molecule has 1 aromatic heterocycles. The fourth-order valence-electron chi connectivity index (χ4n) is 2.09. The summed E-state index contributed by atoms with van der Waals surface area (Å²) < 4.78 is 0. The van der Waals surface area contributed by atoms with E-state index in [-0.39, 0.29) is 0 Å². The van der Waals surface area contributed by atoms with Crippen LogP contribution in [-0.4, -0.2) is 16.0 Å². The van der Waals surface area contributed by atoms with Crippen molar-refractivity contribution in [2.24, 2.45) is 5.73 Å². The van der Waals surface area contributed by atoms with Crippen molar-refractivity contribution >= 4 is 0 Å². The maximum Gasteiger partial charge on any atom is 0.131 e. The van der Waals surface area contributed by atoms with Crippen LogP contribution >= 0.6 is 0 Å². The average molecular weight is 189 g/mol. The number of nitrogens with two attached hydrogens (primary N) is 1. The SMILES string of the molecule is NC1CCc2nc(C3CC3)ncc2C1. The summed E-state index contributed by atoms with van der Waals surface area (Å²) in [4.78, 5) is 9.06. The molecule has 3 nitrogen and oxygen atoms in total. The van der Waals surface area contributed by atoms with Gasteiger partial charge < -0.3 is 5.73 Å². The van der Waals surface area contributed by atoms with E-state index in [1.165, 1.54) is 24.1 Å². The van der Waals surface area contributed by atoms with Gasteiger partial charge in [0, 0.05) is 23.9 Å². The van der Waals surface area contributed by atoms with Crippen LogP contribution in [0.4, 0.5) is 0 Å². The molecule has 2 aliphatic carbocycles. The highest BCUT2D eigenvalue weighted by Crippen LogP contribution is 2.38. The van der Waals surface area contributed by atoms with E-state index in [0.29, 0.717) is 12.0 Å². The fourth-order valence-corrected chi connectivity index (χ4v) is 2.09. The van der Waals surface area contributed by atoms with Gasteiger partial charge >= 0.3 is 0 Å². The smallest absolute Gasteiger partial charge is 0.131 e. The van der Waals surface area contributed by atoms with Crippen LogP contribution < -0.4 is 5.73 Å². The van der Waals surface area contributed by atoms with Crippen LogP contribution in [0, 0.1) is 0 Å². The van der Waals surface area contributed by atoms with E-state index >= 15 is 0 Å². The molecule has 14 heavy (non-hydrogen) atoms. The summed E-state index contributed by atoms with van der Waals surface area (Å²) in [7, 11) is 0. The largest absolute Gasteiger partial charge is 0.327 e. The lowest BCUT2D eigenvalue weighted by molar-refractivity contribution is 0.560. The Morgan fingerprint density at radius 1 is 1.29 bits per heavy atom. The maximum absolute atomic E-state index is 5.90. The molecule has 0 aliphatic heterocycles. The summed E-state index contributed by atoms with van der Waals surface area (Å²) in [6.45, 7) is 0. The highest BCUT2D eigenvalue weighted by Gasteiger charge is 2.28. The summed E-state index contributed by atoms with van der Waals surface area (Å²) in [5.74, 6) is 1.73. The Morgan fingerprint density at radius 2 is 2.14 bits per heavy atom. The number of aromatic nitrogens is 2. The topological polar surface area (TPSA) is 51.8 Å². The number of hydrogen-bond donors (Lipinski definition) is 1. The number of aryl methyl sites for hydroxylation is 1. The summed E-state index contributed by atoms with van der Waals surface area (Å²) in [6, 6.07) is 0.317. The zero-order chi connectivity index (χ0) is 9.54. The molecule has 3 rings (SSSR count). The van der Waals surface area contributed by atoms with E-state index in [4.69, 9.17) is 5.73 Å². The van der Waals surface area contributed by atoms with Gasteiger partial charge in [0.1, 0.15) is 5.82 Å². The molecule has 2 N–H and O–H groups in total. The Bertz CT molecular complexity index is 358. The van der Waals surface area contributed by atoms with E-state index < -0.39 is 0 Å². The molecular weight excluding hydrogens is 174 g/mol. The molecule has 0 amide bonds. The number of rotatable bonds is 1. The second-order valence-electron chi connectivity index (χ2n) is 4.48. The number of fused-ring (bicyclic) bond motifs is 1. The molecule has 0 bridgehead atoms. The zero-order valence-electron chi connectivity index (χ0n) is 8.24. The van der Waals surface area contributed by atoms with Gasteiger partial charge in [0.05, 0.1) is 0 Å². The van der Waals surface area contributed by atoms with Gasteiger partial charge in [-0.05, 0) is 37.7 Å². The van der Waals surface area contributed by atoms with Crippen molar-refractivity contribution in [2.45, 2.75) is 44.1 Å². The van der Waals surface area contributed by atoms with Crippen LogP contribution in [-0.2, 0) is 12.8 Å². The first-order valence-electron chi connectivity index (χ1n) is 5.43. The van der Waals surface area contributed by atoms with Crippen molar-refractivity contribution in [1.29, 1.82) is 0 Å². The molecule has 1 unspecified atom stereocenters. The first-order chi connectivity index (χ1) is 6.83. The standard InChI is InChI=1S/C11H15N3/c12-9-3-4-10-8(5-9)6-13-11(14-10)7-1-2-7/h6-7,9H,1-5,12H2. The summed E-state index contributed by atoms with van der Waals surface area (Å²) in [5, 5.41) is 0. The van der Waals surface area contributed by atoms with E-state index in [1.54, 1.807) is 0 Å². The number of hydrogen-bond acceptors (Lipinski definition) is 3. The average Bonchev–Trinajstić information content (AvgIpc) is 3.00. The molecule has 2 aliphatic rings. The molecule has 1 atom stereocenters. The molecule has 0 saturated heterocycles. The van der Waals surface area contributed by atoms with Crippen molar-refractivity contribution in [1.82, 2.24) is 9.97 Å². The van der Waals surface area contributed by atoms with Gasteiger partial charge in [-0.15, -0.1) is 0 Å². The second-order valence-corrected chi connectivity index (χ2v) is 4.48. The van der Waals surface area contributed by atoms with Gasteiger partial charge in [0.25, 0.3) is 0 Å². The van der Waals surface area contributed by atoms with Gasteiger partial charge in [-0.1, -0.05) is 0 Å². The van der Waals surface area contributed by atoms with Crippen LogP contribution in [0.2, 0.25) is 0 Å². The van der Waals surface area contributed by atoms with Gasteiger partial charge in [-0.2, -0.15) is 0 Å². The minimum Gasteiger partial charge on any atom is -0.327 e. The molecule has 0 radical (unpaired) electrons. The summed E-state index contributed by atoms with van der Waals surface area (Å²) >= 11 is 0. The highest BCUT2D eigenvalue weighted by atomic mass is 14.9. The Hall–Kier alpha value is -0.960. The molecule has 0 aromatic carbocycles. The lowest BCUT2D eigenvalue weighted by Gasteiger charge is -2.20. The quantitative estimate of drug-likeness (QED) is 0.721. The van der Waals surface area contributed by atoms with Gasteiger partial charge in [-0.25, -0.2) is 9.97 Å². The van der Waals surface area contributed by atoms with Crippen molar-refractivity contribution < 1.29 is 0 Å². The van der Waals surface area contributed by atoms with Crippen LogP contribution in [0.15, 0.2) is 6.20 Å². The Labute approximate surface area is 83.8 Å². The minimum atomic E-state index is 0.317. The summed E-state index contributed by atoms with van der Waals surface area (Å²) in [6.07, 6.45) is 7.62. The molecule has 1 heterocycles. The van der Waals surface area contributed by atoms with Gasteiger partial charge in [-0.3, -0.25) is 0 Å². The van der Waals surface area contributed by atoms with Crippen molar-refractivity contribution in [2.75, 3.05) is 0 Å². The van der Waals surface area contributed by atoms with E-state index in [1.807, 2.05) is 6.20 Å². The molecular formula is C11H15N3. The van der Waals surface area contributed by atoms with E-state index in [9.17, 15) is 0 Å². The van der Waals surface area contributed by atoms with Crippen LogP contribution in [0.3, 0.4) is 0 Å². The van der Waals surface area contributed by atoms with Crippen LogP contribution in [0.5, 0.6) is 0 Å². The fraction of sp³-hybridized carbons (Fsp3) is 0.636. The molecule has 74 valence electrons. The lowest BCUT2D eigenvalue weighted by Crippen LogP contribution is -2.28. The first kappa shape index (κ1) is 8.36. The molecule has 1 fully saturated rings. The molecule has 0 spiro atoms. The third-order valence-corrected chi connectivity index (χ3v) is 3.15. The van der Waals surface area contributed by atoms with E-state index in [0.717, 1.165) is 25.1 Å². The zero-order valence-corrected chi connectivity index (χ0v) is 8.24.